The van der Waals surface area contributed by atoms with Gasteiger partial charge in [-0.15, -0.1) is 0 Å². The molecule has 211 valence electrons. The molecule has 2 aliphatic heterocycles. The number of anilines is 1. The number of imidazole rings is 1. The van der Waals surface area contributed by atoms with E-state index in [-0.39, 0.29) is 5.82 Å². The van der Waals surface area contributed by atoms with Gasteiger partial charge < -0.3 is 44.1 Å². The summed E-state index contributed by atoms with van der Waals surface area (Å²) in [6, 6.07) is 1.10. The monoisotopic (exact) mass is 585 g/mol. The van der Waals surface area contributed by atoms with E-state index in [1.165, 1.54) is 36.9 Å². The fourth-order valence-electron chi connectivity index (χ4n) is 4.38. The molecule has 39 heavy (non-hydrogen) atoms. The number of nitrogen functional groups attached to an aromatic ring is 1. The number of aliphatic hydroxyl groups is 2. The van der Waals surface area contributed by atoms with Crippen LogP contribution in [0.4, 0.5) is 5.82 Å². The lowest BCUT2D eigenvalue weighted by Gasteiger charge is -2.34. The smallest absolute Gasteiger partial charge is 0.330 e. The van der Waals surface area contributed by atoms with E-state index in [1.54, 1.807) is 0 Å². The molecule has 5 rings (SSSR count). The largest absolute Gasteiger partial charge is 0.780 e. The molecule has 0 aromatic carbocycles. The summed E-state index contributed by atoms with van der Waals surface area (Å²) in [6.07, 6.45) is -2.10. The topological polar surface area (TPSA) is 234 Å². The minimum atomic E-state index is -4.28. The van der Waals surface area contributed by atoms with Crippen LogP contribution in [0, 0.1) is 6.42 Å². The van der Waals surface area contributed by atoms with Crippen LogP contribution >= 0.6 is 6.72 Å². The van der Waals surface area contributed by atoms with E-state index in [9.17, 15) is 24.7 Å². The number of nitrogens with two attached hydrogens (primary N) is 1. The summed E-state index contributed by atoms with van der Waals surface area (Å²) in [6.45, 7) is -5.29. The molecule has 0 saturated carbocycles. The van der Waals surface area contributed by atoms with Gasteiger partial charge in [0.2, 0.25) is 0 Å². The molecule has 0 aliphatic carbocycles. The summed E-state index contributed by atoms with van der Waals surface area (Å²) in [4.78, 5) is 51.1. The minimum Gasteiger partial charge on any atom is -0.780 e. The number of methoxy groups -OCH3 is 1. The molecule has 3 aromatic heterocycles. The Balaban J connectivity index is 1.26. The predicted molar refractivity (Wildman–Crippen MR) is 132 cm³/mol. The van der Waals surface area contributed by atoms with E-state index in [1.807, 2.05) is 0 Å². The first-order chi connectivity index (χ1) is 18.6. The summed E-state index contributed by atoms with van der Waals surface area (Å²) in [5.41, 5.74) is 5.15. The van der Waals surface area contributed by atoms with Crippen LogP contribution in [-0.4, -0.2) is 90.1 Å². The Morgan fingerprint density at radius 1 is 1.23 bits per heavy atom. The third-order valence-corrected chi connectivity index (χ3v) is 7.77. The fraction of sp³-hybridized carbons (Fsp3) is 0.500. The van der Waals surface area contributed by atoms with E-state index in [4.69, 9.17) is 40.8 Å². The van der Waals surface area contributed by atoms with Crippen LogP contribution < -0.4 is 21.9 Å². The summed E-state index contributed by atoms with van der Waals surface area (Å²) >= 11 is 5.05. The highest BCUT2D eigenvalue weighted by atomic mass is 32.5. The van der Waals surface area contributed by atoms with Crippen LogP contribution in [0.5, 0.6) is 0 Å². The first-order valence-electron chi connectivity index (χ1n) is 11.5. The van der Waals surface area contributed by atoms with E-state index in [0.717, 1.165) is 10.6 Å². The zero-order valence-corrected chi connectivity index (χ0v) is 21.9. The standard InChI is InChI=1S/C20H25N7O10PS/c1-33-16-15(10(5-28)36-19(16)26-3-2-12(30)25-20(26)31)37-38(32,39)34-6-11-9(29)4-13(35-11)27-8-24-14-17(21)22-7-23-18(14)27/h2-4,7-11,13,15-16,19,28-29H,5-6H2,1H3,(H,32,39)(H2,21,22,23)(H,25,30,31)/p-1/t9?,10-,11-,13-,15?,16+,19-,38?/m1/s1. The number of fused-ring (bicyclic) bond motifs is 1. The van der Waals surface area contributed by atoms with Crippen molar-refractivity contribution in [3.63, 3.8) is 0 Å². The first-order valence-corrected chi connectivity index (χ1v) is 14.0. The van der Waals surface area contributed by atoms with Gasteiger partial charge in [0.25, 0.3) is 5.56 Å². The number of nitrogens with zero attached hydrogens (tertiary/aromatic N) is 5. The van der Waals surface area contributed by atoms with Crippen LogP contribution in [0.15, 0.2) is 34.5 Å². The molecule has 2 fully saturated rings. The maximum Gasteiger partial charge on any atom is 0.330 e. The summed E-state index contributed by atoms with van der Waals surface area (Å²) in [5, 5.41) is 20.3. The second-order valence-corrected chi connectivity index (χ2v) is 11.3. The summed E-state index contributed by atoms with van der Waals surface area (Å²) < 4.78 is 30.4. The van der Waals surface area contributed by atoms with Gasteiger partial charge in [0, 0.05) is 25.8 Å². The number of aromatic nitrogens is 6. The SMILES string of the molecule is CO[C@H]1C(OP([O-])(=S)OC[C@H]2O[C@@H](n3cnc4c(N)ncnc43)[CH]C2O)[C@@H](CO)O[C@H]1n1ccc(=O)[nH]c1=O. The number of hydrogen-bond donors (Lipinski definition) is 4. The molecule has 5 heterocycles. The van der Waals surface area contributed by atoms with Gasteiger partial charge in [0.15, 0.2) is 17.7 Å². The number of ether oxygens (including phenoxy) is 3. The Labute approximate surface area is 224 Å². The average Bonchev–Trinajstić information content (AvgIpc) is 3.58. The Morgan fingerprint density at radius 2 is 2.03 bits per heavy atom. The maximum atomic E-state index is 13.1. The highest BCUT2D eigenvalue weighted by molar-refractivity contribution is 8.06. The van der Waals surface area contributed by atoms with E-state index in [0.29, 0.717) is 11.2 Å². The van der Waals surface area contributed by atoms with Crippen molar-refractivity contribution in [1.82, 2.24) is 29.1 Å². The first kappa shape index (κ1) is 27.9. The third kappa shape index (κ3) is 5.53. The van der Waals surface area contributed by atoms with E-state index in [2.05, 4.69) is 19.9 Å². The van der Waals surface area contributed by atoms with Crippen molar-refractivity contribution in [2.75, 3.05) is 26.1 Å². The molecule has 2 saturated heterocycles. The molecule has 0 spiro atoms. The number of nitrogens with one attached hydrogen (secondary N) is 1. The van der Waals surface area contributed by atoms with Crippen molar-refractivity contribution in [2.24, 2.45) is 0 Å². The highest BCUT2D eigenvalue weighted by Crippen LogP contribution is 2.46. The number of hydrogen-bond acceptors (Lipinski definition) is 15. The van der Waals surface area contributed by atoms with Gasteiger partial charge in [0.05, 0.1) is 25.6 Å². The number of aromatic amines is 1. The molecule has 8 atom stereocenters. The normalized spacial score (nSPS) is 30.6. The average molecular weight is 585 g/mol. The third-order valence-electron chi connectivity index (χ3n) is 6.23. The number of H-pyrrole nitrogens is 1. The van der Waals surface area contributed by atoms with Gasteiger partial charge in [-0.2, -0.15) is 0 Å². The number of rotatable bonds is 9. The Kier molecular flexibility index (Phi) is 7.93. The van der Waals surface area contributed by atoms with Crippen molar-refractivity contribution in [1.29, 1.82) is 0 Å². The lowest BCUT2D eigenvalue weighted by molar-refractivity contribution is -0.218. The predicted octanol–water partition coefficient (Wildman–Crippen LogP) is -2.69. The fourth-order valence-corrected chi connectivity index (χ4v) is 5.80. The second kappa shape index (κ2) is 11.1. The molecule has 17 nitrogen and oxygen atoms in total. The molecule has 0 bridgehead atoms. The van der Waals surface area contributed by atoms with Gasteiger partial charge in [-0.05, 0) is 0 Å². The Morgan fingerprint density at radius 3 is 2.74 bits per heavy atom. The summed E-state index contributed by atoms with van der Waals surface area (Å²) in [5.74, 6) is 0.181. The van der Waals surface area contributed by atoms with Crippen LogP contribution in [0.1, 0.15) is 12.5 Å². The van der Waals surface area contributed by atoms with Crippen molar-refractivity contribution >= 4 is 35.5 Å². The van der Waals surface area contributed by atoms with Crippen molar-refractivity contribution in [3.8, 4) is 0 Å². The van der Waals surface area contributed by atoms with Gasteiger partial charge >= 0.3 is 5.69 Å². The molecular formula is C20H24N7O10PS-. The van der Waals surface area contributed by atoms with Crippen LogP contribution in [0.2, 0.25) is 0 Å². The highest BCUT2D eigenvalue weighted by Gasteiger charge is 2.48. The molecule has 5 N–H and O–H groups in total. The van der Waals surface area contributed by atoms with Crippen LogP contribution in [0.25, 0.3) is 11.2 Å². The van der Waals surface area contributed by atoms with Crippen LogP contribution in [0.3, 0.4) is 0 Å². The van der Waals surface area contributed by atoms with Crippen molar-refractivity contribution in [2.45, 2.75) is 43.0 Å². The lowest BCUT2D eigenvalue weighted by Crippen LogP contribution is -2.40. The van der Waals surface area contributed by atoms with Gasteiger partial charge in [0.1, 0.15) is 49.2 Å². The Bertz CT molecular complexity index is 1500. The van der Waals surface area contributed by atoms with Crippen LogP contribution in [-0.2, 0) is 35.1 Å². The lowest BCUT2D eigenvalue weighted by atomic mass is 10.1. The molecule has 19 heteroatoms. The Hall–Kier alpha value is -2.64. The quantitative estimate of drug-likeness (QED) is 0.187. The zero-order valence-electron chi connectivity index (χ0n) is 20.2. The zero-order chi connectivity index (χ0) is 27.9. The van der Waals surface area contributed by atoms with Crippen molar-refractivity contribution in [3.05, 3.63) is 52.2 Å². The maximum absolute atomic E-state index is 13.1. The van der Waals surface area contributed by atoms with E-state index < -0.39 is 74.2 Å². The molecule has 0 amide bonds. The summed E-state index contributed by atoms with van der Waals surface area (Å²) in [7, 11) is 1.29. The molecule has 1 radical (unpaired) electrons. The number of aliphatic hydroxyl groups excluding tert-OH is 2. The van der Waals surface area contributed by atoms with Gasteiger partial charge in [-0.25, -0.2) is 19.7 Å². The molecular weight excluding hydrogens is 561 g/mol. The molecule has 3 aromatic rings. The molecule has 3 unspecified atom stereocenters. The van der Waals surface area contributed by atoms with E-state index >= 15 is 0 Å². The van der Waals surface area contributed by atoms with Gasteiger partial charge in [-0.1, -0.05) is 11.8 Å². The van der Waals surface area contributed by atoms with Gasteiger partial charge in [-0.3, -0.25) is 18.9 Å². The minimum absolute atomic E-state index is 0.181. The van der Waals surface area contributed by atoms with Crippen molar-refractivity contribution < 1.29 is 38.4 Å². The second-order valence-electron chi connectivity index (χ2n) is 8.61. The molecule has 2 aliphatic rings.